The Labute approximate surface area is 420 Å². The van der Waals surface area contributed by atoms with Gasteiger partial charge in [0.05, 0.1) is 16.5 Å². The molecule has 0 fully saturated rings. The molecule has 0 atom stereocenters. The van der Waals surface area contributed by atoms with Gasteiger partial charge in [-0.2, -0.15) is 0 Å². The maximum absolute atomic E-state index is 7.15. The predicted molar refractivity (Wildman–Crippen MR) is 296 cm³/mol. The minimum Gasteiger partial charge on any atom is -0.454 e. The zero-order valence-corrected chi connectivity index (χ0v) is 39.5. The van der Waals surface area contributed by atoms with E-state index in [-0.39, 0.29) is 0 Å². The largest absolute Gasteiger partial charge is 0.454 e. The highest BCUT2D eigenvalue weighted by Gasteiger charge is 2.48. The maximum atomic E-state index is 7.15. The summed E-state index contributed by atoms with van der Waals surface area (Å²) in [5, 5.41) is 1.04. The molecule has 338 valence electrons. The van der Waals surface area contributed by atoms with Gasteiger partial charge in [0.1, 0.15) is 5.76 Å². The molecule has 2 aliphatic rings. The van der Waals surface area contributed by atoms with E-state index in [9.17, 15) is 0 Å². The Bertz CT molecular complexity index is 3710. The molecule has 2 nitrogen and oxygen atoms in total. The lowest BCUT2D eigenvalue weighted by Crippen LogP contribution is -2.28. The van der Waals surface area contributed by atoms with E-state index in [2.05, 4.69) is 290 Å². The second-order valence-electron chi connectivity index (χ2n) is 19.1. The van der Waals surface area contributed by atoms with Gasteiger partial charge in [-0.1, -0.05) is 243 Å². The first kappa shape index (κ1) is 41.7. The van der Waals surface area contributed by atoms with E-state index < -0.39 is 10.8 Å². The van der Waals surface area contributed by atoms with E-state index in [1.54, 1.807) is 0 Å². The van der Waals surface area contributed by atoms with E-state index in [0.717, 1.165) is 44.9 Å². The van der Waals surface area contributed by atoms with Gasteiger partial charge >= 0.3 is 0 Å². The monoisotopic (exact) mass is 917 g/mol. The summed E-state index contributed by atoms with van der Waals surface area (Å²) in [5.41, 5.74) is 21.2. The van der Waals surface area contributed by atoms with Crippen LogP contribution in [0.1, 0.15) is 44.5 Å². The van der Waals surface area contributed by atoms with Crippen LogP contribution in [0.2, 0.25) is 0 Å². The minimum absolute atomic E-state index is 0.516. The van der Waals surface area contributed by atoms with Gasteiger partial charge in [0, 0.05) is 22.3 Å². The van der Waals surface area contributed by atoms with Crippen molar-refractivity contribution in [3.05, 3.63) is 330 Å². The molecule has 0 N–H and O–H groups in total. The number of anilines is 3. The fourth-order valence-corrected chi connectivity index (χ4v) is 12.4. The average molecular weight is 918 g/mol. The molecule has 14 rings (SSSR count). The first-order valence-electron chi connectivity index (χ1n) is 24.9. The third-order valence-electron chi connectivity index (χ3n) is 15.4. The van der Waals surface area contributed by atoms with Crippen LogP contribution < -0.4 is 4.90 Å². The quantitative estimate of drug-likeness (QED) is 0.143. The van der Waals surface area contributed by atoms with Crippen LogP contribution in [0.4, 0.5) is 17.1 Å². The van der Waals surface area contributed by atoms with Gasteiger partial charge in [0.15, 0.2) is 5.58 Å². The molecule has 0 unspecified atom stereocenters. The van der Waals surface area contributed by atoms with Crippen molar-refractivity contribution in [1.29, 1.82) is 0 Å². The van der Waals surface area contributed by atoms with E-state index in [1.165, 1.54) is 72.3 Å². The van der Waals surface area contributed by atoms with Crippen LogP contribution in [0.25, 0.3) is 55.7 Å². The van der Waals surface area contributed by atoms with Crippen molar-refractivity contribution in [3.63, 3.8) is 0 Å². The Morgan fingerprint density at radius 3 is 1.18 bits per heavy atom. The molecule has 2 aliphatic carbocycles. The number of para-hydroxylation sites is 1. The summed E-state index contributed by atoms with van der Waals surface area (Å²) in [5.74, 6) is 0.826. The molecule has 0 bridgehead atoms. The standard InChI is InChI=1S/C70H47NO/c1-6-22-48(23-7-1)49-24-20-25-50(44-49)67-45-51-26-21-39-66(68(51)72-67)71(56-40-42-64-60(46-56)58-35-16-18-37-62(58)69(64,52-27-8-2-9-28-52)53-29-10-3-11-30-53)57-41-43-65-61(47-57)59-36-17-19-38-63(59)70(65,54-31-12-4-13-32-54)55-33-14-5-15-34-55/h1-47H. The summed E-state index contributed by atoms with van der Waals surface area (Å²) in [7, 11) is 0. The molecule has 0 saturated carbocycles. The SMILES string of the molecule is c1ccc(-c2cccc(-c3cc4cccc(N(c5ccc6c(c5)-c5ccccc5C6(c5ccccc5)c5ccccc5)c5ccc6c(c5)-c5ccccc5C6(c5ccccc5)c5ccccc5)c4o3)c2)cc1. The number of nitrogens with zero attached hydrogens (tertiary/aromatic N) is 1. The van der Waals surface area contributed by atoms with E-state index in [1.807, 2.05) is 0 Å². The van der Waals surface area contributed by atoms with Gasteiger partial charge in [0.25, 0.3) is 0 Å². The lowest BCUT2D eigenvalue weighted by molar-refractivity contribution is 0.632. The van der Waals surface area contributed by atoms with Gasteiger partial charge in [-0.3, -0.25) is 0 Å². The normalized spacial score (nSPS) is 13.5. The van der Waals surface area contributed by atoms with Crippen LogP contribution in [0.5, 0.6) is 0 Å². The van der Waals surface area contributed by atoms with Crippen molar-refractivity contribution in [2.45, 2.75) is 10.8 Å². The number of hydrogen-bond acceptors (Lipinski definition) is 2. The van der Waals surface area contributed by atoms with Crippen molar-refractivity contribution < 1.29 is 4.42 Å². The van der Waals surface area contributed by atoms with Gasteiger partial charge in [0.2, 0.25) is 0 Å². The molecule has 1 aromatic heterocycles. The molecule has 0 saturated heterocycles. The number of hydrogen-bond donors (Lipinski definition) is 0. The second-order valence-corrected chi connectivity index (χ2v) is 19.1. The van der Waals surface area contributed by atoms with Crippen molar-refractivity contribution in [1.82, 2.24) is 0 Å². The zero-order chi connectivity index (χ0) is 47.6. The number of rotatable bonds is 9. The van der Waals surface area contributed by atoms with Gasteiger partial charge < -0.3 is 9.32 Å². The molecule has 12 aromatic rings. The Morgan fingerprint density at radius 2 is 0.681 bits per heavy atom. The number of furan rings is 1. The van der Waals surface area contributed by atoms with Crippen LogP contribution in [-0.4, -0.2) is 0 Å². The summed E-state index contributed by atoms with van der Waals surface area (Å²) in [4.78, 5) is 2.43. The van der Waals surface area contributed by atoms with Crippen molar-refractivity contribution in [2.75, 3.05) is 4.90 Å². The fraction of sp³-hybridized carbons (Fsp3) is 0.0286. The van der Waals surface area contributed by atoms with Gasteiger partial charge in [-0.05, 0) is 120 Å². The van der Waals surface area contributed by atoms with Crippen LogP contribution >= 0.6 is 0 Å². The molecular formula is C70H47NO. The van der Waals surface area contributed by atoms with Crippen molar-refractivity contribution in [3.8, 4) is 44.7 Å². The first-order chi connectivity index (χ1) is 35.7. The first-order valence-corrected chi connectivity index (χ1v) is 24.9. The summed E-state index contributed by atoms with van der Waals surface area (Å²) < 4.78 is 7.15. The van der Waals surface area contributed by atoms with Crippen molar-refractivity contribution >= 4 is 28.0 Å². The van der Waals surface area contributed by atoms with Crippen molar-refractivity contribution in [2.24, 2.45) is 0 Å². The zero-order valence-electron chi connectivity index (χ0n) is 39.5. The van der Waals surface area contributed by atoms with Gasteiger partial charge in [-0.25, -0.2) is 0 Å². The highest BCUT2D eigenvalue weighted by Crippen LogP contribution is 2.59. The minimum atomic E-state index is -0.516. The Balaban J connectivity index is 1.02. The molecule has 0 spiro atoms. The van der Waals surface area contributed by atoms with Crippen LogP contribution in [0, 0.1) is 0 Å². The second kappa shape index (κ2) is 16.7. The highest BCUT2D eigenvalue weighted by atomic mass is 16.3. The molecule has 0 aliphatic heterocycles. The van der Waals surface area contributed by atoms with E-state index in [4.69, 9.17) is 4.42 Å². The molecule has 11 aromatic carbocycles. The number of fused-ring (bicyclic) bond motifs is 7. The maximum Gasteiger partial charge on any atom is 0.158 e. The molecule has 0 radical (unpaired) electrons. The Kier molecular flexibility index (Phi) is 9.69. The van der Waals surface area contributed by atoms with Crippen LogP contribution in [-0.2, 0) is 10.8 Å². The molecule has 0 amide bonds. The smallest absolute Gasteiger partial charge is 0.158 e. The van der Waals surface area contributed by atoms with Gasteiger partial charge in [-0.15, -0.1) is 0 Å². The molecule has 72 heavy (non-hydrogen) atoms. The van der Waals surface area contributed by atoms with Crippen LogP contribution in [0.3, 0.4) is 0 Å². The molecular weight excluding hydrogens is 871 g/mol. The summed E-state index contributed by atoms with van der Waals surface area (Å²) >= 11 is 0. The lowest BCUT2D eigenvalue weighted by atomic mass is 9.67. The lowest BCUT2D eigenvalue weighted by Gasteiger charge is -2.34. The fourth-order valence-electron chi connectivity index (χ4n) is 12.4. The number of benzene rings is 11. The molecule has 2 heteroatoms. The third-order valence-corrected chi connectivity index (χ3v) is 15.4. The van der Waals surface area contributed by atoms with E-state index >= 15 is 0 Å². The predicted octanol–water partition coefficient (Wildman–Crippen LogP) is 18.0. The highest BCUT2D eigenvalue weighted by molar-refractivity contribution is 6.00. The Hall–Kier alpha value is -9.24. The summed E-state index contributed by atoms with van der Waals surface area (Å²) in [6.07, 6.45) is 0. The summed E-state index contributed by atoms with van der Waals surface area (Å²) in [6.45, 7) is 0. The third kappa shape index (κ3) is 6.22. The van der Waals surface area contributed by atoms with E-state index in [0.29, 0.717) is 0 Å². The van der Waals surface area contributed by atoms with Crippen LogP contribution in [0.15, 0.2) is 290 Å². The Morgan fingerprint density at radius 1 is 0.278 bits per heavy atom. The average Bonchev–Trinajstić information content (AvgIpc) is 4.13. The summed E-state index contributed by atoms with van der Waals surface area (Å²) in [6, 6.07) is 104. The topological polar surface area (TPSA) is 16.4 Å². The molecule has 1 heterocycles.